The first kappa shape index (κ1) is 10.9. The Morgan fingerprint density at radius 1 is 1.38 bits per heavy atom. The molecule has 0 atom stereocenters. The highest BCUT2D eigenvalue weighted by Gasteiger charge is 2.36. The Bertz CT molecular complexity index is 413. The van der Waals surface area contributed by atoms with Gasteiger partial charge in [0.2, 0.25) is 0 Å². The average Bonchev–Trinajstić information content (AvgIpc) is 3.00. The molecule has 1 aromatic heterocycles. The molecule has 1 aliphatic rings. The maximum Gasteiger partial charge on any atom is 0.418 e. The molecule has 0 bridgehead atoms. The molecule has 6 heteroatoms. The van der Waals surface area contributed by atoms with Crippen molar-refractivity contribution in [1.29, 1.82) is 0 Å². The third kappa shape index (κ3) is 2.15. The topological polar surface area (TPSA) is 39.2 Å². The van der Waals surface area contributed by atoms with Crippen LogP contribution >= 0.6 is 0 Å². The van der Waals surface area contributed by atoms with Crippen LogP contribution in [0, 0.1) is 0 Å². The number of carbonyl (C=O) groups excluding carboxylic acids is 1. The second kappa shape index (κ2) is 3.77. The molecule has 1 fully saturated rings. The van der Waals surface area contributed by atoms with Crippen LogP contribution in [0.1, 0.15) is 28.8 Å². The monoisotopic (exact) mass is 231 g/mol. The van der Waals surface area contributed by atoms with Crippen molar-refractivity contribution in [1.82, 2.24) is 4.98 Å². The number of halogens is 3. The molecule has 0 aromatic carbocycles. The van der Waals surface area contributed by atoms with E-state index in [4.69, 9.17) is 4.74 Å². The Balaban J connectivity index is 2.40. The van der Waals surface area contributed by atoms with Gasteiger partial charge in [-0.25, -0.2) is 0 Å². The van der Waals surface area contributed by atoms with Gasteiger partial charge in [-0.2, -0.15) is 13.2 Å². The largest absolute Gasteiger partial charge is 0.488 e. The van der Waals surface area contributed by atoms with E-state index in [1.807, 2.05) is 0 Å². The van der Waals surface area contributed by atoms with Crippen molar-refractivity contribution >= 4 is 6.29 Å². The van der Waals surface area contributed by atoms with E-state index >= 15 is 0 Å². The summed E-state index contributed by atoms with van der Waals surface area (Å²) in [6.45, 7) is 0. The zero-order valence-electron chi connectivity index (χ0n) is 8.12. The van der Waals surface area contributed by atoms with Gasteiger partial charge in [-0.1, -0.05) is 0 Å². The SMILES string of the molecule is O=Cc1c(OC2CC2)cncc1C(F)(F)F. The second-order valence-corrected chi connectivity index (χ2v) is 3.53. The van der Waals surface area contributed by atoms with Crippen molar-refractivity contribution in [2.45, 2.75) is 25.1 Å². The predicted octanol–water partition coefficient (Wildman–Crippen LogP) is 2.45. The summed E-state index contributed by atoms with van der Waals surface area (Å²) in [6.07, 6.45) is -1.15. The number of aromatic nitrogens is 1. The highest BCUT2D eigenvalue weighted by Crippen LogP contribution is 2.36. The zero-order chi connectivity index (χ0) is 11.8. The Morgan fingerprint density at radius 3 is 2.56 bits per heavy atom. The van der Waals surface area contributed by atoms with Crippen LogP contribution in [0.5, 0.6) is 5.75 Å². The van der Waals surface area contributed by atoms with Gasteiger partial charge in [0.05, 0.1) is 23.4 Å². The molecule has 0 spiro atoms. The third-order valence-corrected chi connectivity index (χ3v) is 2.19. The number of aldehydes is 1. The molecule has 0 amide bonds. The number of pyridine rings is 1. The zero-order valence-corrected chi connectivity index (χ0v) is 8.12. The lowest BCUT2D eigenvalue weighted by Crippen LogP contribution is -2.11. The minimum absolute atomic E-state index is 0.0796. The smallest absolute Gasteiger partial charge is 0.418 e. The molecule has 1 aromatic rings. The van der Waals surface area contributed by atoms with Crippen molar-refractivity contribution < 1.29 is 22.7 Å². The lowest BCUT2D eigenvalue weighted by Gasteiger charge is -2.12. The molecule has 0 radical (unpaired) electrons. The molecule has 86 valence electrons. The quantitative estimate of drug-likeness (QED) is 0.750. The summed E-state index contributed by atoms with van der Waals surface area (Å²) in [6, 6.07) is 0. The van der Waals surface area contributed by atoms with Crippen LogP contribution in [-0.2, 0) is 6.18 Å². The molecule has 2 rings (SSSR count). The maximum atomic E-state index is 12.5. The molecular formula is C10H8F3NO2. The summed E-state index contributed by atoms with van der Waals surface area (Å²) < 4.78 is 42.7. The summed E-state index contributed by atoms with van der Waals surface area (Å²) in [5.41, 5.74) is -1.53. The second-order valence-electron chi connectivity index (χ2n) is 3.53. The van der Waals surface area contributed by atoms with Crippen molar-refractivity contribution in [3.05, 3.63) is 23.5 Å². The van der Waals surface area contributed by atoms with Crippen LogP contribution in [0.2, 0.25) is 0 Å². The van der Waals surface area contributed by atoms with Crippen LogP contribution in [0.4, 0.5) is 13.2 Å². The van der Waals surface area contributed by atoms with Gasteiger partial charge in [0.15, 0.2) is 6.29 Å². The average molecular weight is 231 g/mol. The van der Waals surface area contributed by atoms with E-state index in [0.717, 1.165) is 19.0 Å². The molecule has 16 heavy (non-hydrogen) atoms. The molecule has 0 unspecified atom stereocenters. The summed E-state index contributed by atoms with van der Waals surface area (Å²) >= 11 is 0. The van der Waals surface area contributed by atoms with Gasteiger partial charge < -0.3 is 4.74 Å². The van der Waals surface area contributed by atoms with Gasteiger partial charge in [0.1, 0.15) is 5.75 Å². The van der Waals surface area contributed by atoms with Crippen molar-refractivity contribution in [2.24, 2.45) is 0 Å². The van der Waals surface area contributed by atoms with E-state index in [9.17, 15) is 18.0 Å². The van der Waals surface area contributed by atoms with Crippen LogP contribution in [0.25, 0.3) is 0 Å². The predicted molar refractivity (Wildman–Crippen MR) is 48.3 cm³/mol. The molecule has 0 saturated heterocycles. The minimum Gasteiger partial charge on any atom is -0.488 e. The molecule has 0 N–H and O–H groups in total. The Morgan fingerprint density at radius 2 is 2.06 bits per heavy atom. The lowest BCUT2D eigenvalue weighted by molar-refractivity contribution is -0.138. The van der Waals surface area contributed by atoms with Crippen molar-refractivity contribution in [3.8, 4) is 5.75 Å². The number of rotatable bonds is 3. The van der Waals surface area contributed by atoms with E-state index < -0.39 is 17.3 Å². The van der Waals surface area contributed by atoms with Gasteiger partial charge >= 0.3 is 6.18 Å². The highest BCUT2D eigenvalue weighted by atomic mass is 19.4. The normalized spacial score (nSPS) is 15.9. The summed E-state index contributed by atoms with van der Waals surface area (Å²) in [4.78, 5) is 14.1. The molecular weight excluding hydrogens is 223 g/mol. The molecule has 1 saturated carbocycles. The molecule has 1 heterocycles. The number of carbonyl (C=O) groups is 1. The van der Waals surface area contributed by atoms with Gasteiger partial charge in [0, 0.05) is 6.20 Å². The van der Waals surface area contributed by atoms with Crippen LogP contribution in [0.3, 0.4) is 0 Å². The fourth-order valence-electron chi connectivity index (χ4n) is 1.26. The van der Waals surface area contributed by atoms with Crippen LogP contribution < -0.4 is 4.74 Å². The number of nitrogens with zero attached hydrogens (tertiary/aromatic N) is 1. The summed E-state index contributed by atoms with van der Waals surface area (Å²) in [5, 5.41) is 0. The first-order valence-corrected chi connectivity index (χ1v) is 4.69. The number of alkyl halides is 3. The van der Waals surface area contributed by atoms with E-state index in [1.54, 1.807) is 0 Å². The molecule has 3 nitrogen and oxygen atoms in total. The first-order valence-electron chi connectivity index (χ1n) is 4.69. The van der Waals surface area contributed by atoms with E-state index in [2.05, 4.69) is 4.98 Å². The number of hydrogen-bond donors (Lipinski definition) is 0. The minimum atomic E-state index is -4.59. The van der Waals surface area contributed by atoms with Crippen LogP contribution in [0.15, 0.2) is 12.4 Å². The van der Waals surface area contributed by atoms with Gasteiger partial charge in [-0.05, 0) is 12.8 Å². The standard InChI is InChI=1S/C10H8F3NO2/c11-10(12,13)8-3-14-4-9(7(8)5-15)16-6-1-2-6/h3-6H,1-2H2. The maximum absolute atomic E-state index is 12.5. The van der Waals surface area contributed by atoms with E-state index in [0.29, 0.717) is 6.20 Å². The number of hydrogen-bond acceptors (Lipinski definition) is 3. The van der Waals surface area contributed by atoms with Gasteiger partial charge in [0.25, 0.3) is 0 Å². The van der Waals surface area contributed by atoms with Gasteiger partial charge in [-0.15, -0.1) is 0 Å². The fraction of sp³-hybridized carbons (Fsp3) is 0.400. The Labute approximate surface area is 89.2 Å². The Hall–Kier alpha value is -1.59. The van der Waals surface area contributed by atoms with Crippen molar-refractivity contribution in [2.75, 3.05) is 0 Å². The van der Waals surface area contributed by atoms with E-state index in [1.165, 1.54) is 0 Å². The van der Waals surface area contributed by atoms with Gasteiger partial charge in [-0.3, -0.25) is 9.78 Å². The lowest BCUT2D eigenvalue weighted by atomic mass is 10.1. The summed E-state index contributed by atoms with van der Waals surface area (Å²) in [7, 11) is 0. The fourth-order valence-corrected chi connectivity index (χ4v) is 1.26. The third-order valence-electron chi connectivity index (χ3n) is 2.19. The highest BCUT2D eigenvalue weighted by molar-refractivity contribution is 5.81. The molecule has 1 aliphatic carbocycles. The Kier molecular flexibility index (Phi) is 2.57. The molecule has 0 aliphatic heterocycles. The van der Waals surface area contributed by atoms with Crippen LogP contribution in [-0.4, -0.2) is 17.4 Å². The summed E-state index contributed by atoms with van der Waals surface area (Å²) in [5.74, 6) is -0.0904. The first-order chi connectivity index (χ1) is 7.52. The van der Waals surface area contributed by atoms with E-state index in [-0.39, 0.29) is 18.1 Å². The number of ether oxygens (including phenoxy) is 1. The van der Waals surface area contributed by atoms with Crippen molar-refractivity contribution in [3.63, 3.8) is 0 Å².